The summed E-state index contributed by atoms with van der Waals surface area (Å²) in [6, 6.07) is 9.53. The maximum absolute atomic E-state index is 11.0. The molecule has 0 aliphatic heterocycles. The van der Waals surface area contributed by atoms with E-state index in [2.05, 4.69) is 13.2 Å². The third-order valence-electron chi connectivity index (χ3n) is 3.73. The molecule has 0 saturated heterocycles. The Bertz CT molecular complexity index is 835. The van der Waals surface area contributed by atoms with Crippen LogP contribution in [-0.4, -0.2) is 38.4 Å². The average Bonchev–Trinajstić information content (AvgIpc) is 2.69. The summed E-state index contributed by atoms with van der Waals surface area (Å²) in [5.74, 6) is 0.412. The topological polar surface area (TPSA) is 71.1 Å². The Hall–Kier alpha value is -3.28. The molecule has 0 aliphatic carbocycles. The van der Waals surface area contributed by atoms with E-state index in [0.29, 0.717) is 11.5 Å². The van der Waals surface area contributed by atoms with Crippen LogP contribution in [0.25, 0.3) is 10.8 Å². The number of benzene rings is 2. The Morgan fingerprint density at radius 2 is 1.48 bits per heavy atom. The van der Waals surface area contributed by atoms with Crippen LogP contribution in [0.5, 0.6) is 11.5 Å². The zero-order valence-corrected chi connectivity index (χ0v) is 15.2. The number of carbonyl (C=O) groups excluding carboxylic acids is 2. The molecule has 0 radical (unpaired) electrons. The fourth-order valence-corrected chi connectivity index (χ4v) is 2.39. The molecule has 0 N–H and O–H groups in total. The molecule has 0 atom stereocenters. The summed E-state index contributed by atoms with van der Waals surface area (Å²) in [5.41, 5.74) is 0.950. The molecule has 2 aromatic rings. The molecule has 2 rings (SSSR count). The lowest BCUT2D eigenvalue weighted by atomic mass is 10.0. The van der Waals surface area contributed by atoms with Crippen LogP contribution < -0.4 is 9.47 Å². The normalized spacial score (nSPS) is 10.1. The van der Waals surface area contributed by atoms with E-state index in [4.69, 9.17) is 18.9 Å². The van der Waals surface area contributed by atoms with Crippen molar-refractivity contribution in [1.29, 1.82) is 0 Å². The molecule has 6 nitrogen and oxygen atoms in total. The van der Waals surface area contributed by atoms with Gasteiger partial charge in [0.1, 0.15) is 37.9 Å². The van der Waals surface area contributed by atoms with Crippen LogP contribution in [0.1, 0.15) is 5.56 Å². The fraction of sp³-hybridized carbons (Fsp3) is 0.238. The molecule has 6 heteroatoms. The maximum atomic E-state index is 11.0. The molecule has 142 valence electrons. The van der Waals surface area contributed by atoms with Gasteiger partial charge in [-0.05, 0) is 41.5 Å². The second kappa shape index (κ2) is 10.0. The summed E-state index contributed by atoms with van der Waals surface area (Å²) in [6.07, 6.45) is 2.22. The maximum Gasteiger partial charge on any atom is 0.330 e. The van der Waals surface area contributed by atoms with Crippen LogP contribution in [0.2, 0.25) is 0 Å². The largest absolute Gasteiger partial charge is 0.490 e. The molecule has 27 heavy (non-hydrogen) atoms. The van der Waals surface area contributed by atoms with Gasteiger partial charge < -0.3 is 18.9 Å². The number of esters is 2. The Balaban J connectivity index is 1.99. The summed E-state index contributed by atoms with van der Waals surface area (Å²) >= 11 is 0. The summed E-state index contributed by atoms with van der Waals surface area (Å²) in [4.78, 5) is 22.0. The molecule has 0 fully saturated rings. The van der Waals surface area contributed by atoms with Crippen molar-refractivity contribution in [1.82, 2.24) is 0 Å². The van der Waals surface area contributed by atoms with Crippen LogP contribution in [0.4, 0.5) is 0 Å². The highest BCUT2D eigenvalue weighted by Crippen LogP contribution is 2.30. The van der Waals surface area contributed by atoms with Crippen molar-refractivity contribution in [3.8, 4) is 11.5 Å². The molecule has 0 spiro atoms. The molecule has 0 aliphatic rings. The SMILES string of the molecule is C=CC(=O)OCCOc1ccc2ccc(OCCOC(=O)C=C)c(C)c2c1. The van der Waals surface area contributed by atoms with Gasteiger partial charge in [0.05, 0.1) is 0 Å². The predicted molar refractivity (Wildman–Crippen MR) is 102 cm³/mol. The molecule has 0 bridgehead atoms. The predicted octanol–water partition coefficient (Wildman–Crippen LogP) is 3.36. The highest BCUT2D eigenvalue weighted by molar-refractivity contribution is 5.88. The summed E-state index contributed by atoms with van der Waals surface area (Å²) in [7, 11) is 0. The molecule has 0 amide bonds. The van der Waals surface area contributed by atoms with Crippen LogP contribution >= 0.6 is 0 Å². The van der Waals surface area contributed by atoms with E-state index in [-0.39, 0.29) is 26.4 Å². The summed E-state index contributed by atoms with van der Waals surface area (Å²) in [6.45, 7) is 9.40. The lowest BCUT2D eigenvalue weighted by molar-refractivity contribution is -0.139. The molecular formula is C21H22O6. The smallest absolute Gasteiger partial charge is 0.330 e. The van der Waals surface area contributed by atoms with Crippen molar-refractivity contribution in [2.75, 3.05) is 26.4 Å². The van der Waals surface area contributed by atoms with Gasteiger partial charge in [-0.25, -0.2) is 9.59 Å². The molecule has 0 aromatic heterocycles. The first kappa shape index (κ1) is 20.0. The minimum atomic E-state index is -0.478. The lowest BCUT2D eigenvalue weighted by Gasteiger charge is -2.13. The molecule has 0 heterocycles. The van der Waals surface area contributed by atoms with Gasteiger partial charge in [-0.2, -0.15) is 0 Å². The number of ether oxygens (including phenoxy) is 4. The second-order valence-electron chi connectivity index (χ2n) is 5.51. The second-order valence-corrected chi connectivity index (χ2v) is 5.51. The lowest BCUT2D eigenvalue weighted by Crippen LogP contribution is -2.10. The number of hydrogen-bond acceptors (Lipinski definition) is 6. The van der Waals surface area contributed by atoms with Crippen molar-refractivity contribution >= 4 is 22.7 Å². The minimum absolute atomic E-state index is 0.147. The number of aryl methyl sites for hydroxylation is 1. The number of hydrogen-bond donors (Lipinski definition) is 0. The Kier molecular flexibility index (Phi) is 7.43. The van der Waals surface area contributed by atoms with Crippen molar-refractivity contribution in [2.24, 2.45) is 0 Å². The minimum Gasteiger partial charge on any atom is -0.490 e. The van der Waals surface area contributed by atoms with E-state index in [1.54, 1.807) is 0 Å². The zero-order valence-electron chi connectivity index (χ0n) is 15.2. The van der Waals surface area contributed by atoms with E-state index < -0.39 is 11.9 Å². The van der Waals surface area contributed by atoms with Gasteiger partial charge in [-0.1, -0.05) is 25.3 Å². The molecule has 2 aromatic carbocycles. The van der Waals surface area contributed by atoms with Crippen LogP contribution in [0.3, 0.4) is 0 Å². The van der Waals surface area contributed by atoms with E-state index in [1.165, 1.54) is 0 Å². The van der Waals surface area contributed by atoms with Gasteiger partial charge in [0.15, 0.2) is 0 Å². The first-order chi connectivity index (χ1) is 13.0. The Labute approximate surface area is 158 Å². The van der Waals surface area contributed by atoms with E-state index in [0.717, 1.165) is 28.5 Å². The van der Waals surface area contributed by atoms with Gasteiger partial charge in [0, 0.05) is 12.2 Å². The van der Waals surface area contributed by atoms with Crippen molar-refractivity contribution < 1.29 is 28.5 Å². The summed E-state index contributed by atoms with van der Waals surface area (Å²) in [5, 5.41) is 2.03. The van der Waals surface area contributed by atoms with Gasteiger partial charge in [0.25, 0.3) is 0 Å². The Morgan fingerprint density at radius 3 is 2.11 bits per heavy atom. The van der Waals surface area contributed by atoms with E-state index in [9.17, 15) is 9.59 Å². The standard InChI is InChI=1S/C21H22O6/c1-4-20(22)26-12-10-24-17-8-6-16-7-9-19(15(3)18(16)14-17)25-11-13-27-21(23)5-2/h4-9,14H,1-2,10-13H2,3H3. The van der Waals surface area contributed by atoms with Crippen molar-refractivity contribution in [2.45, 2.75) is 6.92 Å². The molecular weight excluding hydrogens is 348 g/mol. The quantitative estimate of drug-likeness (QED) is 0.363. The number of fused-ring (bicyclic) bond motifs is 1. The van der Waals surface area contributed by atoms with Crippen LogP contribution in [0.15, 0.2) is 55.6 Å². The highest BCUT2D eigenvalue weighted by Gasteiger charge is 2.07. The Morgan fingerprint density at radius 1 is 0.889 bits per heavy atom. The third kappa shape index (κ3) is 5.88. The van der Waals surface area contributed by atoms with E-state index in [1.807, 2.05) is 37.3 Å². The van der Waals surface area contributed by atoms with Crippen molar-refractivity contribution in [3.63, 3.8) is 0 Å². The van der Waals surface area contributed by atoms with Gasteiger partial charge in [0.2, 0.25) is 0 Å². The van der Waals surface area contributed by atoms with E-state index >= 15 is 0 Å². The zero-order chi connectivity index (χ0) is 19.6. The highest BCUT2D eigenvalue weighted by atomic mass is 16.6. The fourth-order valence-electron chi connectivity index (χ4n) is 2.39. The van der Waals surface area contributed by atoms with Crippen LogP contribution in [-0.2, 0) is 19.1 Å². The first-order valence-electron chi connectivity index (χ1n) is 8.42. The molecule has 0 unspecified atom stereocenters. The third-order valence-corrected chi connectivity index (χ3v) is 3.73. The average molecular weight is 370 g/mol. The van der Waals surface area contributed by atoms with Gasteiger partial charge in [-0.3, -0.25) is 0 Å². The van der Waals surface area contributed by atoms with Gasteiger partial charge in [-0.15, -0.1) is 0 Å². The van der Waals surface area contributed by atoms with Crippen molar-refractivity contribution in [3.05, 3.63) is 61.2 Å². The van der Waals surface area contributed by atoms with Gasteiger partial charge >= 0.3 is 11.9 Å². The monoisotopic (exact) mass is 370 g/mol. The molecule has 0 saturated carbocycles. The first-order valence-corrected chi connectivity index (χ1v) is 8.42. The van der Waals surface area contributed by atoms with Crippen LogP contribution in [0, 0.1) is 6.92 Å². The summed E-state index contributed by atoms with van der Waals surface area (Å²) < 4.78 is 21.1. The number of carbonyl (C=O) groups is 2. The number of rotatable bonds is 10.